The van der Waals surface area contributed by atoms with E-state index in [0.717, 1.165) is 23.4 Å². The lowest BCUT2D eigenvalue weighted by Gasteiger charge is -2.29. The molecule has 1 aliphatic carbocycles. The average Bonchev–Trinajstić information content (AvgIpc) is 3.05. The molecule has 6 rings (SSSR count). The molecule has 0 radical (unpaired) electrons. The molecule has 0 saturated heterocycles. The number of para-hydroxylation sites is 1. The van der Waals surface area contributed by atoms with Crippen molar-refractivity contribution in [3.05, 3.63) is 42.4 Å². The molecule has 1 saturated carbocycles. The predicted molar refractivity (Wildman–Crippen MR) is 91.5 cm³/mol. The van der Waals surface area contributed by atoms with E-state index in [1.165, 1.54) is 6.20 Å². The normalized spacial score (nSPS) is 22.8. The van der Waals surface area contributed by atoms with Gasteiger partial charge in [-0.2, -0.15) is 9.80 Å². The Hall–Kier alpha value is -3.23. The summed E-state index contributed by atoms with van der Waals surface area (Å²) in [7, 11) is 0. The minimum absolute atomic E-state index is 0.132. The monoisotopic (exact) mass is 350 g/mol. The first-order chi connectivity index (χ1) is 12.7. The van der Waals surface area contributed by atoms with Gasteiger partial charge in [-0.3, -0.25) is 0 Å². The van der Waals surface area contributed by atoms with Crippen molar-refractivity contribution < 1.29 is 4.48 Å². The molecule has 3 aliphatic rings. The van der Waals surface area contributed by atoms with Gasteiger partial charge in [-0.05, 0) is 24.5 Å². The summed E-state index contributed by atoms with van der Waals surface area (Å²) in [4.78, 5) is 1.91. The standard InChI is InChI=1S/C17H15FN8/c1-10-6-12(10)14-7-19-22-26(14)17-21-20-16-11-4-2-3-5-13(11)24-9-23(18)8-15(24)25(16)17/h2-5,7-8,10,12H,6,9H2,1H3. The van der Waals surface area contributed by atoms with Gasteiger partial charge in [0.15, 0.2) is 5.82 Å². The zero-order valence-electron chi connectivity index (χ0n) is 14.0. The summed E-state index contributed by atoms with van der Waals surface area (Å²) in [6.45, 7) is 2.34. The molecule has 1 aromatic carbocycles. The number of halogens is 1. The van der Waals surface area contributed by atoms with Crippen LogP contribution in [0.25, 0.3) is 23.2 Å². The minimum atomic E-state index is 0.132. The summed E-state index contributed by atoms with van der Waals surface area (Å²) in [5, 5.41) is 17.8. The van der Waals surface area contributed by atoms with Gasteiger partial charge in [-0.15, -0.1) is 15.3 Å². The molecule has 0 amide bonds. The van der Waals surface area contributed by atoms with Crippen molar-refractivity contribution in [3.63, 3.8) is 0 Å². The van der Waals surface area contributed by atoms with E-state index in [1.807, 2.05) is 33.7 Å². The summed E-state index contributed by atoms with van der Waals surface area (Å²) < 4.78 is 17.7. The maximum Gasteiger partial charge on any atom is 0.259 e. The number of anilines is 1. The van der Waals surface area contributed by atoms with E-state index >= 15 is 0 Å². The highest BCUT2D eigenvalue weighted by Gasteiger charge is 2.40. The molecule has 8 nitrogen and oxygen atoms in total. The predicted octanol–water partition coefficient (Wildman–Crippen LogP) is 2.38. The molecule has 2 atom stereocenters. The van der Waals surface area contributed by atoms with Crippen LogP contribution < -0.4 is 4.90 Å². The van der Waals surface area contributed by atoms with Crippen molar-refractivity contribution in [2.75, 3.05) is 11.6 Å². The maximum atomic E-state index is 14.1. The molecule has 26 heavy (non-hydrogen) atoms. The Balaban J connectivity index is 1.60. The number of hydrogen-bond acceptors (Lipinski definition) is 6. The maximum absolute atomic E-state index is 14.1. The Bertz CT molecular complexity index is 1070. The third kappa shape index (κ3) is 1.72. The highest BCUT2D eigenvalue weighted by atomic mass is 19.2. The van der Waals surface area contributed by atoms with E-state index < -0.39 is 0 Å². The van der Waals surface area contributed by atoms with Gasteiger partial charge in [-0.25, -0.2) is 4.57 Å². The SMILES string of the molecule is CC1CC1c1cnnn1-c1nnc2n1C1=CN(F)CN1c1ccccc1-2. The zero-order chi connectivity index (χ0) is 17.4. The number of nitrogens with zero attached hydrogens (tertiary/aromatic N) is 8. The lowest BCUT2D eigenvalue weighted by molar-refractivity contribution is 0.104. The van der Waals surface area contributed by atoms with Crippen molar-refractivity contribution in [1.29, 1.82) is 0 Å². The first-order valence-electron chi connectivity index (χ1n) is 8.60. The topological polar surface area (TPSA) is 67.9 Å². The molecule has 9 heteroatoms. The minimum Gasteiger partial charge on any atom is -0.304 e. The van der Waals surface area contributed by atoms with Crippen molar-refractivity contribution in [1.82, 2.24) is 34.9 Å². The summed E-state index contributed by atoms with van der Waals surface area (Å²) in [5.74, 6) is 2.93. The first-order valence-corrected chi connectivity index (χ1v) is 8.60. The highest BCUT2D eigenvalue weighted by Crippen LogP contribution is 2.48. The van der Waals surface area contributed by atoms with E-state index in [-0.39, 0.29) is 6.67 Å². The van der Waals surface area contributed by atoms with Crippen LogP contribution in [0.15, 0.2) is 36.7 Å². The average molecular weight is 350 g/mol. The molecule has 0 N–H and O–H groups in total. The molecule has 0 bridgehead atoms. The van der Waals surface area contributed by atoms with Crippen molar-refractivity contribution >= 4 is 11.5 Å². The smallest absolute Gasteiger partial charge is 0.259 e. The Labute approximate surface area is 148 Å². The summed E-state index contributed by atoms with van der Waals surface area (Å²) in [6.07, 6.45) is 4.36. The molecular weight excluding hydrogens is 335 g/mol. The van der Waals surface area contributed by atoms with E-state index in [0.29, 0.717) is 34.6 Å². The first kappa shape index (κ1) is 14.0. The second-order valence-electron chi connectivity index (χ2n) is 7.02. The molecule has 2 aromatic heterocycles. The molecule has 0 spiro atoms. The van der Waals surface area contributed by atoms with Crippen LogP contribution in [-0.2, 0) is 0 Å². The largest absolute Gasteiger partial charge is 0.304 e. The Morgan fingerprint density at radius 2 is 2.04 bits per heavy atom. The van der Waals surface area contributed by atoms with Crippen LogP contribution in [-0.4, -0.2) is 41.5 Å². The Kier molecular flexibility index (Phi) is 2.52. The zero-order valence-corrected chi connectivity index (χ0v) is 14.0. The van der Waals surface area contributed by atoms with E-state index in [9.17, 15) is 4.48 Å². The molecule has 3 aromatic rings. The lowest BCUT2D eigenvalue weighted by Crippen LogP contribution is -2.29. The molecule has 130 valence electrons. The molecule has 2 aliphatic heterocycles. The van der Waals surface area contributed by atoms with Gasteiger partial charge in [0.1, 0.15) is 12.5 Å². The number of rotatable bonds is 2. The molecular formula is C17H15FN8. The van der Waals surface area contributed by atoms with Crippen LogP contribution in [0.3, 0.4) is 0 Å². The van der Waals surface area contributed by atoms with Gasteiger partial charge in [0.25, 0.3) is 5.95 Å². The van der Waals surface area contributed by atoms with Crippen molar-refractivity contribution in [2.45, 2.75) is 19.3 Å². The Morgan fingerprint density at radius 1 is 1.19 bits per heavy atom. The van der Waals surface area contributed by atoms with Crippen LogP contribution in [0.2, 0.25) is 0 Å². The second kappa shape index (κ2) is 4.69. The molecule has 2 unspecified atom stereocenters. The van der Waals surface area contributed by atoms with Gasteiger partial charge in [0, 0.05) is 11.5 Å². The van der Waals surface area contributed by atoms with Crippen LogP contribution in [0.1, 0.15) is 25.0 Å². The molecule has 4 heterocycles. The van der Waals surface area contributed by atoms with Gasteiger partial charge in [0.2, 0.25) is 0 Å². The van der Waals surface area contributed by atoms with Gasteiger partial charge in [-0.1, -0.05) is 28.8 Å². The number of fused-ring (bicyclic) bond motifs is 6. The van der Waals surface area contributed by atoms with E-state index in [4.69, 9.17) is 0 Å². The van der Waals surface area contributed by atoms with Crippen LogP contribution in [0, 0.1) is 5.92 Å². The number of hydrogen-bond donors (Lipinski definition) is 0. The third-order valence-corrected chi connectivity index (χ3v) is 5.37. The van der Waals surface area contributed by atoms with Crippen LogP contribution in [0.4, 0.5) is 10.2 Å². The number of aromatic nitrogens is 6. The van der Waals surface area contributed by atoms with Gasteiger partial charge < -0.3 is 4.90 Å². The van der Waals surface area contributed by atoms with Crippen LogP contribution >= 0.6 is 0 Å². The molecule has 1 fully saturated rings. The van der Waals surface area contributed by atoms with Crippen molar-refractivity contribution in [2.24, 2.45) is 5.92 Å². The summed E-state index contributed by atoms with van der Waals surface area (Å²) in [5.41, 5.74) is 2.86. The lowest BCUT2D eigenvalue weighted by atomic mass is 10.1. The fourth-order valence-electron chi connectivity index (χ4n) is 3.90. The fraction of sp³-hybridized carbons (Fsp3) is 0.294. The third-order valence-electron chi connectivity index (χ3n) is 5.37. The summed E-state index contributed by atoms with van der Waals surface area (Å²) in [6, 6.07) is 7.83. The fourth-order valence-corrected chi connectivity index (χ4v) is 3.90. The van der Waals surface area contributed by atoms with Gasteiger partial charge in [0.05, 0.1) is 23.8 Å². The van der Waals surface area contributed by atoms with E-state index in [1.54, 1.807) is 10.9 Å². The Morgan fingerprint density at radius 3 is 2.88 bits per heavy atom. The van der Waals surface area contributed by atoms with Gasteiger partial charge >= 0.3 is 0 Å². The summed E-state index contributed by atoms with van der Waals surface area (Å²) >= 11 is 0. The number of benzene rings is 1. The quantitative estimate of drug-likeness (QED) is 0.661. The van der Waals surface area contributed by atoms with Crippen molar-refractivity contribution in [3.8, 4) is 17.3 Å². The van der Waals surface area contributed by atoms with Crippen LogP contribution in [0.5, 0.6) is 0 Å². The second-order valence-corrected chi connectivity index (χ2v) is 7.02. The van der Waals surface area contributed by atoms with E-state index in [2.05, 4.69) is 27.4 Å². The highest BCUT2D eigenvalue weighted by molar-refractivity contribution is 5.89.